The lowest BCUT2D eigenvalue weighted by Gasteiger charge is -2.12. The Kier molecular flexibility index (Phi) is 7.98. The van der Waals surface area contributed by atoms with Crippen molar-refractivity contribution in [2.24, 2.45) is 4.99 Å². The van der Waals surface area contributed by atoms with Crippen molar-refractivity contribution in [3.8, 4) is 28.5 Å². The second-order valence-corrected chi connectivity index (χ2v) is 15.5. The Bertz CT molecular complexity index is 3420. The van der Waals surface area contributed by atoms with Crippen LogP contribution in [-0.4, -0.2) is 24.9 Å². The summed E-state index contributed by atoms with van der Waals surface area (Å²) in [5.74, 6) is 1.37. The van der Waals surface area contributed by atoms with Gasteiger partial charge in [-0.05, 0) is 61.5 Å². The van der Waals surface area contributed by atoms with Crippen LogP contribution in [0.2, 0.25) is 0 Å². The van der Waals surface area contributed by atoms with Crippen LogP contribution in [-0.2, 0) is 0 Å². The first kappa shape index (κ1) is 33.9. The number of hydrogen-bond acceptors (Lipinski definition) is 4. The van der Waals surface area contributed by atoms with E-state index in [0.717, 1.165) is 83.2 Å². The van der Waals surface area contributed by atoms with Gasteiger partial charge in [-0.3, -0.25) is 9.13 Å². The van der Waals surface area contributed by atoms with Gasteiger partial charge in [-0.25, -0.2) is 15.0 Å². The van der Waals surface area contributed by atoms with E-state index in [0.29, 0.717) is 5.95 Å². The summed E-state index contributed by atoms with van der Waals surface area (Å²) in [5.41, 5.74) is 9.94. The lowest BCUT2D eigenvalue weighted by molar-refractivity contribution is 0.996. The van der Waals surface area contributed by atoms with E-state index in [2.05, 4.69) is 186 Å². The number of thiophene rings is 1. The molecular formula is C52H35N5S. The van der Waals surface area contributed by atoms with E-state index < -0.39 is 0 Å². The molecule has 4 aromatic heterocycles. The van der Waals surface area contributed by atoms with Gasteiger partial charge >= 0.3 is 0 Å². The molecule has 5 nitrogen and oxygen atoms in total. The van der Waals surface area contributed by atoms with Gasteiger partial charge in [-0.1, -0.05) is 134 Å². The predicted octanol–water partition coefficient (Wildman–Crippen LogP) is 13.9. The number of nitrogens with zero attached hydrogens (tertiary/aromatic N) is 5. The fourth-order valence-electron chi connectivity index (χ4n) is 8.52. The molecule has 0 bridgehead atoms. The van der Waals surface area contributed by atoms with Crippen molar-refractivity contribution in [3.05, 3.63) is 194 Å². The Hall–Kier alpha value is -7.41. The van der Waals surface area contributed by atoms with Crippen LogP contribution in [0.4, 0.5) is 0 Å². The number of benzene rings is 7. The van der Waals surface area contributed by atoms with E-state index >= 15 is 0 Å². The predicted molar refractivity (Wildman–Crippen MR) is 246 cm³/mol. The third-order valence-electron chi connectivity index (χ3n) is 11.1. The maximum atomic E-state index is 5.37. The van der Waals surface area contributed by atoms with E-state index in [1.807, 2.05) is 29.5 Å². The standard InChI is InChI=1S/C52H35N5S/c1-3-40(35-27-30-48-39(31-35)36-21-13-16-26-47(36)58-48)53-49(4-2)56-43-24-14-11-22-37(43)50-45(56)28-29-46-51(50)38-23-12-15-25-44(38)57(46)52-54-41(33-17-7-5-8-18-33)32-42(55-52)34-19-9-6-10-20-34/h3-32H,2H2,1H3/b40-3-,53-49?. The monoisotopic (exact) mass is 761 g/mol. The van der Waals surface area contributed by atoms with Crippen molar-refractivity contribution in [3.63, 3.8) is 0 Å². The minimum absolute atomic E-state index is 0.621. The van der Waals surface area contributed by atoms with Gasteiger partial charge in [-0.2, -0.15) is 0 Å². The summed E-state index contributed by atoms with van der Waals surface area (Å²) in [5, 5.41) is 7.07. The molecule has 0 atom stereocenters. The van der Waals surface area contributed by atoms with Crippen molar-refractivity contribution in [2.75, 3.05) is 0 Å². The molecule has 0 aliphatic carbocycles. The van der Waals surface area contributed by atoms with E-state index in [1.54, 1.807) is 0 Å². The number of rotatable bonds is 6. The molecule has 11 rings (SSSR count). The van der Waals surface area contributed by atoms with Gasteiger partial charge in [0.2, 0.25) is 5.95 Å². The molecule has 6 heteroatoms. The molecule has 0 saturated carbocycles. The summed E-state index contributed by atoms with van der Waals surface area (Å²) in [6, 6.07) is 59.7. The summed E-state index contributed by atoms with van der Waals surface area (Å²) < 4.78 is 7.04. The molecule has 0 fully saturated rings. The van der Waals surface area contributed by atoms with Gasteiger partial charge in [-0.15, -0.1) is 11.3 Å². The first-order valence-electron chi connectivity index (χ1n) is 19.4. The van der Waals surface area contributed by atoms with Crippen LogP contribution in [0, 0.1) is 0 Å². The third kappa shape index (κ3) is 5.34. The summed E-state index contributed by atoms with van der Waals surface area (Å²) >= 11 is 1.82. The molecule has 11 aromatic rings. The average Bonchev–Trinajstić information content (AvgIpc) is 3.95. The average molecular weight is 762 g/mol. The van der Waals surface area contributed by atoms with E-state index in [1.165, 1.54) is 20.2 Å². The molecule has 0 N–H and O–H groups in total. The van der Waals surface area contributed by atoms with Gasteiger partial charge in [0.05, 0.1) is 39.2 Å². The smallest absolute Gasteiger partial charge is 0.235 e. The summed E-state index contributed by atoms with van der Waals surface area (Å²) in [7, 11) is 0. The Balaban J connectivity index is 1.15. The summed E-state index contributed by atoms with van der Waals surface area (Å²) in [4.78, 5) is 15.9. The van der Waals surface area contributed by atoms with Gasteiger partial charge in [0.25, 0.3) is 0 Å². The van der Waals surface area contributed by atoms with E-state index in [-0.39, 0.29) is 0 Å². The number of hydrogen-bond donors (Lipinski definition) is 0. The van der Waals surface area contributed by atoms with Gasteiger partial charge in [0.15, 0.2) is 0 Å². The van der Waals surface area contributed by atoms with Crippen LogP contribution in [0.3, 0.4) is 0 Å². The minimum Gasteiger partial charge on any atom is -0.294 e. The fourth-order valence-corrected chi connectivity index (χ4v) is 9.61. The molecule has 274 valence electrons. The van der Waals surface area contributed by atoms with Crippen molar-refractivity contribution in [1.29, 1.82) is 0 Å². The second kappa shape index (κ2) is 13.7. The lowest BCUT2D eigenvalue weighted by Crippen LogP contribution is -2.09. The maximum Gasteiger partial charge on any atom is 0.235 e. The van der Waals surface area contributed by atoms with Crippen molar-refractivity contribution >= 4 is 86.7 Å². The summed E-state index contributed by atoms with van der Waals surface area (Å²) in [6.07, 6.45) is 3.96. The Morgan fingerprint density at radius 2 is 1.12 bits per heavy atom. The van der Waals surface area contributed by atoms with Crippen LogP contribution in [0.5, 0.6) is 0 Å². The Morgan fingerprint density at radius 3 is 1.81 bits per heavy atom. The molecule has 0 radical (unpaired) electrons. The zero-order valence-corrected chi connectivity index (χ0v) is 32.5. The van der Waals surface area contributed by atoms with Crippen molar-refractivity contribution in [1.82, 2.24) is 19.1 Å². The molecule has 4 heterocycles. The highest BCUT2D eigenvalue weighted by atomic mass is 32.1. The molecule has 0 saturated heterocycles. The minimum atomic E-state index is 0.621. The quantitative estimate of drug-likeness (QED) is 0.125. The van der Waals surface area contributed by atoms with Crippen molar-refractivity contribution < 1.29 is 0 Å². The van der Waals surface area contributed by atoms with Crippen LogP contribution in [0.1, 0.15) is 12.5 Å². The van der Waals surface area contributed by atoms with Crippen molar-refractivity contribution in [2.45, 2.75) is 6.92 Å². The highest BCUT2D eigenvalue weighted by Gasteiger charge is 2.23. The molecule has 0 aliphatic rings. The van der Waals surface area contributed by atoms with Gasteiger partial charge < -0.3 is 0 Å². The SMILES string of the molecule is C=CC(=N/C(=C\C)c1ccc2sc3ccccc3c2c1)n1c2ccccc2c2c3c4ccccc4n(-c4nc(-c5ccccc5)cc(-c5ccccc5)n4)c3ccc21. The van der Waals surface area contributed by atoms with E-state index in [9.17, 15) is 0 Å². The number of aromatic nitrogens is 4. The first-order chi connectivity index (χ1) is 28.7. The van der Waals surface area contributed by atoms with Gasteiger partial charge in [0, 0.05) is 58.4 Å². The largest absolute Gasteiger partial charge is 0.294 e. The Labute approximate surface area is 338 Å². The molecular weight excluding hydrogens is 727 g/mol. The van der Waals surface area contributed by atoms with Crippen LogP contribution in [0.25, 0.3) is 97.9 Å². The normalized spacial score (nSPS) is 12.5. The van der Waals surface area contributed by atoms with Crippen LogP contribution >= 0.6 is 11.3 Å². The molecule has 58 heavy (non-hydrogen) atoms. The Morgan fingerprint density at radius 1 is 0.552 bits per heavy atom. The third-order valence-corrected chi connectivity index (χ3v) is 12.3. The van der Waals surface area contributed by atoms with Crippen LogP contribution < -0.4 is 0 Å². The first-order valence-corrected chi connectivity index (χ1v) is 20.3. The zero-order chi connectivity index (χ0) is 38.7. The number of fused-ring (bicyclic) bond motifs is 10. The maximum absolute atomic E-state index is 5.37. The second-order valence-electron chi connectivity index (χ2n) is 14.4. The zero-order valence-electron chi connectivity index (χ0n) is 31.7. The lowest BCUT2D eigenvalue weighted by atomic mass is 10.1. The number of para-hydroxylation sites is 2. The summed E-state index contributed by atoms with van der Waals surface area (Å²) in [6.45, 7) is 6.37. The van der Waals surface area contributed by atoms with Crippen LogP contribution in [0.15, 0.2) is 194 Å². The molecule has 0 amide bonds. The van der Waals surface area contributed by atoms with E-state index in [4.69, 9.17) is 15.0 Å². The topological polar surface area (TPSA) is 48.0 Å². The molecule has 7 aromatic carbocycles. The molecule has 0 spiro atoms. The molecule has 0 unspecified atom stereocenters. The van der Waals surface area contributed by atoms with Gasteiger partial charge in [0.1, 0.15) is 5.84 Å². The molecule has 0 aliphatic heterocycles. The number of allylic oxidation sites excluding steroid dienone is 2. The highest BCUT2D eigenvalue weighted by molar-refractivity contribution is 7.25. The number of aliphatic imine (C=N–C) groups is 1. The highest BCUT2D eigenvalue weighted by Crippen LogP contribution is 2.42. The fraction of sp³-hybridized carbons (Fsp3) is 0.0192.